The molecule has 0 unspecified atom stereocenters. The highest BCUT2D eigenvalue weighted by Crippen LogP contribution is 2.28. The van der Waals surface area contributed by atoms with Crippen LogP contribution in [0.5, 0.6) is 5.75 Å². The lowest BCUT2D eigenvalue weighted by atomic mass is 10.1. The number of hydrogen-bond acceptors (Lipinski definition) is 3. The summed E-state index contributed by atoms with van der Waals surface area (Å²) >= 11 is 9.33. The molecule has 1 heterocycles. The highest BCUT2D eigenvalue weighted by atomic mass is 79.9. The number of aromatic nitrogens is 2. The summed E-state index contributed by atoms with van der Waals surface area (Å²) in [7, 11) is 0. The van der Waals surface area contributed by atoms with Gasteiger partial charge in [0.05, 0.1) is 5.69 Å². The largest absolute Gasteiger partial charge is 0.508 e. The number of phenols is 1. The van der Waals surface area contributed by atoms with Crippen LogP contribution in [-0.2, 0) is 0 Å². The van der Waals surface area contributed by atoms with Crippen LogP contribution in [0.2, 0.25) is 5.15 Å². The number of benzene rings is 1. The Bertz CT molecular complexity index is 528. The van der Waals surface area contributed by atoms with Crippen molar-refractivity contribution >= 4 is 27.5 Å². The first-order valence-corrected chi connectivity index (χ1v) is 5.74. The SMILES string of the molecule is Cc1nc(Cl)c(-c2ccc(O)cc2)nc1Br. The maximum Gasteiger partial charge on any atom is 0.155 e. The summed E-state index contributed by atoms with van der Waals surface area (Å²) < 4.78 is 0.667. The van der Waals surface area contributed by atoms with Gasteiger partial charge in [0.25, 0.3) is 0 Å². The maximum atomic E-state index is 9.19. The van der Waals surface area contributed by atoms with E-state index in [4.69, 9.17) is 11.6 Å². The predicted molar refractivity (Wildman–Crippen MR) is 66.6 cm³/mol. The molecule has 0 aliphatic rings. The van der Waals surface area contributed by atoms with Gasteiger partial charge < -0.3 is 5.11 Å². The third-order valence-electron chi connectivity index (χ3n) is 2.11. The standard InChI is InChI=1S/C11H8BrClN2O/c1-6-10(12)15-9(11(13)14-6)7-2-4-8(16)5-3-7/h2-5,16H,1H3. The molecule has 0 atom stereocenters. The van der Waals surface area contributed by atoms with Crippen molar-refractivity contribution in [1.29, 1.82) is 0 Å². The Balaban J connectivity index is 2.56. The van der Waals surface area contributed by atoms with Gasteiger partial charge in [-0.3, -0.25) is 0 Å². The van der Waals surface area contributed by atoms with Crippen LogP contribution in [0.15, 0.2) is 28.9 Å². The van der Waals surface area contributed by atoms with Gasteiger partial charge in [-0.05, 0) is 47.1 Å². The molecule has 0 radical (unpaired) electrons. The number of rotatable bonds is 1. The summed E-state index contributed by atoms with van der Waals surface area (Å²) in [5, 5.41) is 9.55. The van der Waals surface area contributed by atoms with Gasteiger partial charge in [-0.1, -0.05) is 11.6 Å². The summed E-state index contributed by atoms with van der Waals surface area (Å²) in [6.45, 7) is 1.82. The van der Waals surface area contributed by atoms with E-state index in [9.17, 15) is 5.11 Å². The van der Waals surface area contributed by atoms with E-state index in [2.05, 4.69) is 25.9 Å². The molecule has 0 amide bonds. The van der Waals surface area contributed by atoms with Crippen LogP contribution < -0.4 is 0 Å². The van der Waals surface area contributed by atoms with Crippen LogP contribution in [0.1, 0.15) is 5.69 Å². The average molecular weight is 300 g/mol. The normalized spacial score (nSPS) is 10.4. The highest BCUT2D eigenvalue weighted by molar-refractivity contribution is 9.10. The Hall–Kier alpha value is -1.13. The van der Waals surface area contributed by atoms with Crippen molar-refractivity contribution in [3.05, 3.63) is 39.7 Å². The molecule has 1 aromatic heterocycles. The number of aryl methyl sites for hydroxylation is 1. The minimum Gasteiger partial charge on any atom is -0.508 e. The third-order valence-corrected chi connectivity index (χ3v) is 3.13. The zero-order valence-corrected chi connectivity index (χ0v) is 10.7. The first kappa shape index (κ1) is 11.4. The molecule has 2 aromatic rings. The second kappa shape index (κ2) is 4.39. The summed E-state index contributed by atoms with van der Waals surface area (Å²) in [6.07, 6.45) is 0. The molecule has 2 rings (SSSR count). The Morgan fingerprint density at radius 1 is 1.19 bits per heavy atom. The third kappa shape index (κ3) is 2.18. The Morgan fingerprint density at radius 2 is 1.81 bits per heavy atom. The fourth-order valence-corrected chi connectivity index (χ4v) is 1.82. The van der Waals surface area contributed by atoms with E-state index in [1.54, 1.807) is 24.3 Å². The molecule has 0 aliphatic carbocycles. The van der Waals surface area contributed by atoms with Crippen LogP contribution in [-0.4, -0.2) is 15.1 Å². The Morgan fingerprint density at radius 3 is 2.44 bits per heavy atom. The van der Waals surface area contributed by atoms with Crippen molar-refractivity contribution in [2.75, 3.05) is 0 Å². The van der Waals surface area contributed by atoms with Crippen LogP contribution in [0, 0.1) is 6.92 Å². The van der Waals surface area contributed by atoms with Crippen molar-refractivity contribution in [1.82, 2.24) is 9.97 Å². The minimum absolute atomic E-state index is 0.207. The van der Waals surface area contributed by atoms with E-state index < -0.39 is 0 Å². The topological polar surface area (TPSA) is 46.0 Å². The Kier molecular flexibility index (Phi) is 3.12. The van der Waals surface area contributed by atoms with E-state index in [1.807, 2.05) is 6.92 Å². The van der Waals surface area contributed by atoms with Gasteiger partial charge in [0.2, 0.25) is 0 Å². The van der Waals surface area contributed by atoms with E-state index in [0.717, 1.165) is 11.3 Å². The number of halogens is 2. The van der Waals surface area contributed by atoms with Gasteiger partial charge in [0, 0.05) is 5.56 Å². The summed E-state index contributed by atoms with van der Waals surface area (Å²) in [5.41, 5.74) is 2.16. The van der Waals surface area contributed by atoms with Gasteiger partial charge in [0.1, 0.15) is 16.0 Å². The molecule has 0 fully saturated rings. The van der Waals surface area contributed by atoms with Gasteiger partial charge in [-0.2, -0.15) is 0 Å². The molecular formula is C11H8BrClN2O. The molecule has 0 bridgehead atoms. The molecule has 1 aromatic carbocycles. The summed E-state index contributed by atoms with van der Waals surface area (Å²) in [4.78, 5) is 8.48. The van der Waals surface area contributed by atoms with E-state index in [-0.39, 0.29) is 5.75 Å². The summed E-state index contributed by atoms with van der Waals surface area (Å²) in [6, 6.07) is 6.65. The highest BCUT2D eigenvalue weighted by Gasteiger charge is 2.09. The Labute approximate surface area is 106 Å². The second-order valence-electron chi connectivity index (χ2n) is 3.29. The fourth-order valence-electron chi connectivity index (χ4n) is 1.27. The number of hydrogen-bond donors (Lipinski definition) is 1. The molecule has 0 aliphatic heterocycles. The number of nitrogens with zero attached hydrogens (tertiary/aromatic N) is 2. The zero-order valence-electron chi connectivity index (χ0n) is 8.41. The lowest BCUT2D eigenvalue weighted by molar-refractivity contribution is 0.475. The molecule has 82 valence electrons. The lowest BCUT2D eigenvalue weighted by Gasteiger charge is -2.05. The van der Waals surface area contributed by atoms with Gasteiger partial charge in [0.15, 0.2) is 5.15 Å². The van der Waals surface area contributed by atoms with Crippen molar-refractivity contribution in [2.45, 2.75) is 6.92 Å². The first-order chi connectivity index (χ1) is 7.58. The van der Waals surface area contributed by atoms with Crippen LogP contribution in [0.4, 0.5) is 0 Å². The van der Waals surface area contributed by atoms with E-state index in [0.29, 0.717) is 15.5 Å². The summed E-state index contributed by atoms with van der Waals surface area (Å²) in [5.74, 6) is 0.207. The smallest absolute Gasteiger partial charge is 0.155 e. The average Bonchev–Trinajstić information content (AvgIpc) is 2.25. The zero-order chi connectivity index (χ0) is 11.7. The van der Waals surface area contributed by atoms with Crippen molar-refractivity contribution in [3.8, 4) is 17.0 Å². The number of phenolic OH excluding ortho intramolecular Hbond substituents is 1. The van der Waals surface area contributed by atoms with Crippen molar-refractivity contribution in [2.24, 2.45) is 0 Å². The lowest BCUT2D eigenvalue weighted by Crippen LogP contribution is -1.93. The second-order valence-corrected chi connectivity index (χ2v) is 4.40. The van der Waals surface area contributed by atoms with Gasteiger partial charge in [-0.15, -0.1) is 0 Å². The van der Waals surface area contributed by atoms with Crippen LogP contribution in [0.25, 0.3) is 11.3 Å². The molecule has 0 saturated carbocycles. The molecule has 16 heavy (non-hydrogen) atoms. The quantitative estimate of drug-likeness (QED) is 0.875. The fraction of sp³-hybridized carbons (Fsp3) is 0.0909. The molecule has 0 spiro atoms. The molecular weight excluding hydrogens is 291 g/mol. The van der Waals surface area contributed by atoms with Crippen molar-refractivity contribution < 1.29 is 5.11 Å². The molecule has 1 N–H and O–H groups in total. The monoisotopic (exact) mass is 298 g/mol. The maximum absolute atomic E-state index is 9.19. The number of aromatic hydroxyl groups is 1. The van der Waals surface area contributed by atoms with Crippen molar-refractivity contribution in [3.63, 3.8) is 0 Å². The van der Waals surface area contributed by atoms with Gasteiger partial charge in [-0.25, -0.2) is 9.97 Å². The first-order valence-electron chi connectivity index (χ1n) is 4.57. The van der Waals surface area contributed by atoms with Gasteiger partial charge >= 0.3 is 0 Å². The molecule has 5 heteroatoms. The minimum atomic E-state index is 0.207. The van der Waals surface area contributed by atoms with E-state index >= 15 is 0 Å². The van der Waals surface area contributed by atoms with E-state index in [1.165, 1.54) is 0 Å². The predicted octanol–water partition coefficient (Wildman–Crippen LogP) is 3.57. The molecule has 3 nitrogen and oxygen atoms in total. The van der Waals surface area contributed by atoms with Crippen LogP contribution >= 0.6 is 27.5 Å². The molecule has 0 saturated heterocycles. The van der Waals surface area contributed by atoms with Crippen LogP contribution in [0.3, 0.4) is 0 Å².